The van der Waals surface area contributed by atoms with Crippen LogP contribution in [0.4, 0.5) is 13.2 Å². The van der Waals surface area contributed by atoms with Gasteiger partial charge in [0.05, 0.1) is 5.41 Å². The largest absolute Gasteiger partial charge is 0.396 e. The highest BCUT2D eigenvalue weighted by Crippen LogP contribution is 2.62. The van der Waals surface area contributed by atoms with Gasteiger partial charge in [-0.2, -0.15) is 13.2 Å². The molecule has 1 aliphatic carbocycles. The molecule has 1 fully saturated rings. The average Bonchev–Trinajstić information content (AvgIpc) is 2.31. The molecule has 1 rings (SSSR count). The van der Waals surface area contributed by atoms with Crippen molar-refractivity contribution < 1.29 is 13.2 Å². The summed E-state index contributed by atoms with van der Waals surface area (Å²) in [5, 5.41) is 0. The summed E-state index contributed by atoms with van der Waals surface area (Å²) in [6.45, 7) is 2.88. The summed E-state index contributed by atoms with van der Waals surface area (Å²) in [5.74, 6) is 0. The number of hydrogen-bond donors (Lipinski definition) is 1. The van der Waals surface area contributed by atoms with Gasteiger partial charge in [-0.25, -0.2) is 0 Å². The third kappa shape index (κ3) is 1.13. The molecule has 0 spiro atoms. The van der Waals surface area contributed by atoms with E-state index >= 15 is 0 Å². The van der Waals surface area contributed by atoms with Crippen molar-refractivity contribution in [2.24, 2.45) is 11.1 Å². The molecule has 0 radical (unpaired) electrons. The van der Waals surface area contributed by atoms with Gasteiger partial charge in [0.2, 0.25) is 0 Å². The number of alkyl halides is 3. The number of hydrogen-bond acceptors (Lipinski definition) is 1. The van der Waals surface area contributed by atoms with Crippen LogP contribution < -0.4 is 5.73 Å². The van der Waals surface area contributed by atoms with E-state index in [0.29, 0.717) is 0 Å². The van der Waals surface area contributed by atoms with Gasteiger partial charge in [-0.1, -0.05) is 0 Å². The summed E-state index contributed by atoms with van der Waals surface area (Å²) in [7, 11) is 0. The first-order valence-corrected chi connectivity index (χ1v) is 3.56. The van der Waals surface area contributed by atoms with Gasteiger partial charge in [0.15, 0.2) is 0 Å². The fourth-order valence-electron chi connectivity index (χ4n) is 1.42. The highest BCUT2D eigenvalue weighted by atomic mass is 19.4. The van der Waals surface area contributed by atoms with Crippen molar-refractivity contribution in [1.82, 2.24) is 0 Å². The predicted octanol–water partition coefficient (Wildman–Crippen LogP) is 2.07. The second-order valence-electron chi connectivity index (χ2n) is 3.80. The zero-order valence-corrected chi connectivity index (χ0v) is 6.63. The maximum Gasteiger partial charge on any atom is 0.396 e. The Hall–Kier alpha value is -0.250. The van der Waals surface area contributed by atoms with Gasteiger partial charge in [-0.3, -0.25) is 0 Å². The summed E-state index contributed by atoms with van der Waals surface area (Å²) in [6.07, 6.45) is -3.77. The van der Waals surface area contributed by atoms with E-state index in [4.69, 9.17) is 5.73 Å². The predicted molar refractivity (Wildman–Crippen MR) is 36.0 cm³/mol. The second-order valence-corrected chi connectivity index (χ2v) is 3.80. The van der Waals surface area contributed by atoms with Crippen LogP contribution in [0.2, 0.25) is 0 Å². The van der Waals surface area contributed by atoms with E-state index in [1.54, 1.807) is 0 Å². The molecule has 0 atom stereocenters. The smallest absolute Gasteiger partial charge is 0.325 e. The van der Waals surface area contributed by atoms with E-state index in [2.05, 4.69) is 0 Å². The normalized spacial score (nSPS) is 23.5. The van der Waals surface area contributed by atoms with Crippen LogP contribution in [0.3, 0.4) is 0 Å². The molecule has 1 saturated carbocycles. The minimum atomic E-state index is -4.13. The SMILES string of the molecule is CC(C)(N)C1(C(F)(F)F)CC1. The number of nitrogens with two attached hydrogens (primary N) is 1. The minimum Gasteiger partial charge on any atom is -0.325 e. The Balaban J connectivity index is 2.85. The maximum absolute atomic E-state index is 12.3. The molecule has 0 amide bonds. The molecule has 0 aromatic rings. The fourth-order valence-corrected chi connectivity index (χ4v) is 1.42. The molecule has 11 heavy (non-hydrogen) atoms. The lowest BCUT2D eigenvalue weighted by atomic mass is 9.84. The number of halogens is 3. The lowest BCUT2D eigenvalue weighted by Crippen LogP contribution is -2.50. The standard InChI is InChI=1S/C7H12F3N/c1-5(2,11)6(3-4-6)7(8,9)10/h3-4,11H2,1-2H3. The van der Waals surface area contributed by atoms with Gasteiger partial charge in [0, 0.05) is 5.54 Å². The Morgan fingerprint density at radius 2 is 1.55 bits per heavy atom. The Labute approximate surface area is 63.8 Å². The quantitative estimate of drug-likeness (QED) is 0.635. The van der Waals surface area contributed by atoms with Crippen LogP contribution in [-0.4, -0.2) is 11.7 Å². The van der Waals surface area contributed by atoms with Gasteiger partial charge in [-0.05, 0) is 26.7 Å². The Morgan fingerprint density at radius 3 is 1.55 bits per heavy atom. The third-order valence-electron chi connectivity index (χ3n) is 2.53. The van der Waals surface area contributed by atoms with Gasteiger partial charge in [-0.15, -0.1) is 0 Å². The Morgan fingerprint density at radius 1 is 1.18 bits per heavy atom. The first-order valence-electron chi connectivity index (χ1n) is 3.56. The molecule has 0 saturated heterocycles. The molecule has 1 nitrogen and oxygen atoms in total. The van der Waals surface area contributed by atoms with Crippen molar-refractivity contribution in [1.29, 1.82) is 0 Å². The molecule has 0 heterocycles. The van der Waals surface area contributed by atoms with Crippen molar-refractivity contribution in [2.45, 2.75) is 38.4 Å². The molecule has 1 aliphatic rings. The molecule has 0 unspecified atom stereocenters. The summed E-state index contributed by atoms with van der Waals surface area (Å²) < 4.78 is 36.9. The van der Waals surface area contributed by atoms with E-state index < -0.39 is 17.1 Å². The third-order valence-corrected chi connectivity index (χ3v) is 2.53. The molecular formula is C7H12F3N. The van der Waals surface area contributed by atoms with Crippen LogP contribution in [0.15, 0.2) is 0 Å². The molecule has 0 bridgehead atoms. The Bertz CT molecular complexity index is 146. The summed E-state index contributed by atoms with van der Waals surface area (Å²) in [5.41, 5.74) is 2.71. The Kier molecular flexibility index (Phi) is 1.54. The molecule has 2 N–H and O–H groups in total. The van der Waals surface area contributed by atoms with E-state index in [1.807, 2.05) is 0 Å². The van der Waals surface area contributed by atoms with Crippen LogP contribution in [0, 0.1) is 5.41 Å². The molecule has 0 aromatic heterocycles. The molecule has 4 heteroatoms. The lowest BCUT2D eigenvalue weighted by Gasteiger charge is -2.32. The topological polar surface area (TPSA) is 26.0 Å². The monoisotopic (exact) mass is 167 g/mol. The summed E-state index contributed by atoms with van der Waals surface area (Å²) in [6, 6.07) is 0. The lowest BCUT2D eigenvalue weighted by molar-refractivity contribution is -0.203. The maximum atomic E-state index is 12.3. The van der Waals surface area contributed by atoms with Gasteiger partial charge in [0.25, 0.3) is 0 Å². The first kappa shape index (κ1) is 8.84. The average molecular weight is 167 g/mol. The summed E-state index contributed by atoms with van der Waals surface area (Å²) in [4.78, 5) is 0. The van der Waals surface area contributed by atoms with Crippen molar-refractivity contribution in [3.05, 3.63) is 0 Å². The summed E-state index contributed by atoms with van der Waals surface area (Å²) >= 11 is 0. The molecule has 0 aliphatic heterocycles. The fraction of sp³-hybridized carbons (Fsp3) is 1.00. The van der Waals surface area contributed by atoms with Crippen molar-refractivity contribution in [2.75, 3.05) is 0 Å². The van der Waals surface area contributed by atoms with Crippen molar-refractivity contribution in [3.63, 3.8) is 0 Å². The zero-order valence-electron chi connectivity index (χ0n) is 6.63. The van der Waals surface area contributed by atoms with Crippen LogP contribution in [0.1, 0.15) is 26.7 Å². The van der Waals surface area contributed by atoms with Gasteiger partial charge < -0.3 is 5.73 Å². The number of rotatable bonds is 1. The van der Waals surface area contributed by atoms with Crippen LogP contribution in [0.5, 0.6) is 0 Å². The molecule has 0 aromatic carbocycles. The van der Waals surface area contributed by atoms with Crippen molar-refractivity contribution >= 4 is 0 Å². The van der Waals surface area contributed by atoms with E-state index in [-0.39, 0.29) is 12.8 Å². The molecule has 66 valence electrons. The van der Waals surface area contributed by atoms with Gasteiger partial charge >= 0.3 is 6.18 Å². The minimum absolute atomic E-state index is 0.181. The van der Waals surface area contributed by atoms with E-state index in [0.717, 1.165) is 0 Å². The van der Waals surface area contributed by atoms with Crippen molar-refractivity contribution in [3.8, 4) is 0 Å². The van der Waals surface area contributed by atoms with Crippen LogP contribution in [-0.2, 0) is 0 Å². The van der Waals surface area contributed by atoms with Crippen LogP contribution in [0.25, 0.3) is 0 Å². The highest BCUT2D eigenvalue weighted by molar-refractivity contribution is 5.11. The first-order chi connectivity index (χ1) is 4.71. The second kappa shape index (κ2) is 1.91. The van der Waals surface area contributed by atoms with Gasteiger partial charge in [0.1, 0.15) is 0 Å². The van der Waals surface area contributed by atoms with E-state index in [1.165, 1.54) is 13.8 Å². The molecular weight excluding hydrogens is 155 g/mol. The highest BCUT2D eigenvalue weighted by Gasteiger charge is 2.69. The van der Waals surface area contributed by atoms with Crippen LogP contribution >= 0.6 is 0 Å². The van der Waals surface area contributed by atoms with E-state index in [9.17, 15) is 13.2 Å². The zero-order chi connectivity index (χ0) is 8.91.